The first-order valence-electron chi connectivity index (χ1n) is 9.93. The van der Waals surface area contributed by atoms with Crippen LogP contribution in [0.2, 0.25) is 0 Å². The molecular weight excluding hydrogens is 372 g/mol. The lowest BCUT2D eigenvalue weighted by Gasteiger charge is -2.16. The molecule has 0 aliphatic heterocycles. The lowest BCUT2D eigenvalue weighted by atomic mass is 9.83. The molecule has 1 heterocycles. The molecule has 1 aromatic heterocycles. The van der Waals surface area contributed by atoms with E-state index in [4.69, 9.17) is 5.84 Å². The zero-order valence-corrected chi connectivity index (χ0v) is 16.3. The Kier molecular flexibility index (Phi) is 4.32. The van der Waals surface area contributed by atoms with Gasteiger partial charge in [0.25, 0.3) is 0 Å². The number of fused-ring (bicyclic) bond motifs is 2. The molecule has 5 rings (SSSR count). The summed E-state index contributed by atoms with van der Waals surface area (Å²) in [5.74, 6) is 6.28. The number of nitrogens with zero attached hydrogens (tertiary/aromatic N) is 1. The molecule has 4 heteroatoms. The van der Waals surface area contributed by atoms with E-state index in [9.17, 15) is 9.59 Å². The van der Waals surface area contributed by atoms with Gasteiger partial charge in [-0.1, -0.05) is 84.9 Å². The van der Waals surface area contributed by atoms with Gasteiger partial charge in [-0.15, -0.1) is 0 Å². The molecule has 4 aromatic rings. The first-order valence-corrected chi connectivity index (χ1v) is 9.93. The van der Waals surface area contributed by atoms with E-state index in [-0.39, 0.29) is 11.6 Å². The predicted molar refractivity (Wildman–Crippen MR) is 116 cm³/mol. The number of carbonyl (C=O) groups is 2. The SMILES string of the molecule is Nn1c(Cc2ccccc2)c2c(c1Cc1ccccc1)C(=O)c1ccccc1C2=O. The first-order chi connectivity index (χ1) is 14.6. The number of carbonyl (C=O) groups excluding carboxylic acids is 2. The number of nitrogen functional groups attached to an aromatic ring is 1. The van der Waals surface area contributed by atoms with E-state index in [2.05, 4.69) is 0 Å². The van der Waals surface area contributed by atoms with Crippen LogP contribution in [0.25, 0.3) is 0 Å². The second-order valence-electron chi connectivity index (χ2n) is 7.54. The van der Waals surface area contributed by atoms with Gasteiger partial charge in [-0.3, -0.25) is 14.3 Å². The number of ketones is 2. The largest absolute Gasteiger partial charge is 0.339 e. The van der Waals surface area contributed by atoms with E-state index >= 15 is 0 Å². The molecule has 0 amide bonds. The summed E-state index contributed by atoms with van der Waals surface area (Å²) in [5, 5.41) is 0. The Morgan fingerprint density at radius 1 is 0.567 bits per heavy atom. The van der Waals surface area contributed by atoms with Crippen LogP contribution in [0.1, 0.15) is 54.4 Å². The van der Waals surface area contributed by atoms with E-state index in [1.807, 2.05) is 60.7 Å². The Morgan fingerprint density at radius 2 is 0.933 bits per heavy atom. The van der Waals surface area contributed by atoms with Crippen molar-refractivity contribution in [1.29, 1.82) is 0 Å². The molecule has 30 heavy (non-hydrogen) atoms. The van der Waals surface area contributed by atoms with E-state index in [1.165, 1.54) is 0 Å². The molecule has 3 aromatic carbocycles. The Bertz CT molecular complexity index is 1170. The molecular formula is C26H20N2O2. The van der Waals surface area contributed by atoms with Crippen LogP contribution in [0.15, 0.2) is 84.9 Å². The Morgan fingerprint density at radius 3 is 1.33 bits per heavy atom. The number of benzene rings is 3. The topological polar surface area (TPSA) is 65.1 Å². The van der Waals surface area contributed by atoms with Gasteiger partial charge in [-0.25, -0.2) is 0 Å². The van der Waals surface area contributed by atoms with Crippen LogP contribution in [0.5, 0.6) is 0 Å². The minimum absolute atomic E-state index is 0.135. The summed E-state index contributed by atoms with van der Waals surface area (Å²) in [5.41, 5.74) is 5.20. The van der Waals surface area contributed by atoms with Gasteiger partial charge in [-0.2, -0.15) is 0 Å². The second kappa shape index (κ2) is 7.16. The van der Waals surface area contributed by atoms with Crippen molar-refractivity contribution in [3.8, 4) is 0 Å². The molecule has 0 spiro atoms. The monoisotopic (exact) mass is 392 g/mol. The van der Waals surface area contributed by atoms with Gasteiger partial charge >= 0.3 is 0 Å². The van der Waals surface area contributed by atoms with Crippen molar-refractivity contribution in [2.24, 2.45) is 0 Å². The van der Waals surface area contributed by atoms with Crippen molar-refractivity contribution in [3.63, 3.8) is 0 Å². The van der Waals surface area contributed by atoms with Crippen LogP contribution < -0.4 is 5.84 Å². The van der Waals surface area contributed by atoms with Gasteiger partial charge in [0.2, 0.25) is 0 Å². The summed E-state index contributed by atoms with van der Waals surface area (Å²) in [4.78, 5) is 26.9. The van der Waals surface area contributed by atoms with Gasteiger partial charge in [0.15, 0.2) is 11.6 Å². The zero-order chi connectivity index (χ0) is 20.7. The maximum atomic E-state index is 13.5. The highest BCUT2D eigenvalue weighted by molar-refractivity contribution is 6.29. The average Bonchev–Trinajstić information content (AvgIpc) is 3.05. The zero-order valence-electron chi connectivity index (χ0n) is 16.3. The van der Waals surface area contributed by atoms with Crippen molar-refractivity contribution in [2.45, 2.75) is 12.8 Å². The van der Waals surface area contributed by atoms with Crippen LogP contribution in [0.3, 0.4) is 0 Å². The molecule has 0 unspecified atom stereocenters. The molecule has 0 saturated heterocycles. The molecule has 0 atom stereocenters. The van der Waals surface area contributed by atoms with E-state index in [0.29, 0.717) is 46.5 Å². The number of rotatable bonds is 4. The number of nitrogens with two attached hydrogens (primary N) is 1. The van der Waals surface area contributed by atoms with Gasteiger partial charge < -0.3 is 5.84 Å². The number of hydrogen-bond donors (Lipinski definition) is 1. The normalized spacial score (nSPS) is 12.5. The van der Waals surface area contributed by atoms with Crippen molar-refractivity contribution in [2.75, 3.05) is 5.84 Å². The number of aromatic nitrogens is 1. The third-order valence-corrected chi connectivity index (χ3v) is 5.71. The molecule has 1 aliphatic rings. The van der Waals surface area contributed by atoms with Crippen LogP contribution in [-0.2, 0) is 12.8 Å². The van der Waals surface area contributed by atoms with E-state index < -0.39 is 0 Å². The number of hydrogen-bond acceptors (Lipinski definition) is 3. The fraction of sp³-hybridized carbons (Fsp3) is 0.0769. The Balaban J connectivity index is 1.72. The van der Waals surface area contributed by atoms with Gasteiger partial charge in [0.1, 0.15) is 0 Å². The maximum absolute atomic E-state index is 13.5. The van der Waals surface area contributed by atoms with Crippen LogP contribution in [-0.4, -0.2) is 16.2 Å². The lowest BCUT2D eigenvalue weighted by molar-refractivity contribution is 0.0979. The molecule has 0 radical (unpaired) electrons. The summed E-state index contributed by atoms with van der Waals surface area (Å²) in [6, 6.07) is 26.7. The molecule has 146 valence electrons. The van der Waals surface area contributed by atoms with Gasteiger partial charge in [0, 0.05) is 24.0 Å². The second-order valence-corrected chi connectivity index (χ2v) is 7.54. The molecule has 2 N–H and O–H groups in total. The Hall–Kier alpha value is -3.92. The maximum Gasteiger partial charge on any atom is 0.196 e. The minimum Gasteiger partial charge on any atom is -0.339 e. The fourth-order valence-corrected chi connectivity index (χ4v) is 4.26. The van der Waals surface area contributed by atoms with Crippen LogP contribution >= 0.6 is 0 Å². The summed E-state index contributed by atoms with van der Waals surface area (Å²) in [6.45, 7) is 0. The highest BCUT2D eigenvalue weighted by Gasteiger charge is 2.37. The highest BCUT2D eigenvalue weighted by Crippen LogP contribution is 2.35. The van der Waals surface area contributed by atoms with Crippen LogP contribution in [0, 0.1) is 0 Å². The smallest absolute Gasteiger partial charge is 0.196 e. The van der Waals surface area contributed by atoms with Crippen LogP contribution in [0.4, 0.5) is 0 Å². The quantitative estimate of drug-likeness (QED) is 0.467. The molecule has 1 aliphatic carbocycles. The first kappa shape index (κ1) is 18.1. The lowest BCUT2D eigenvalue weighted by Crippen LogP contribution is -2.21. The third kappa shape index (κ3) is 2.85. The van der Waals surface area contributed by atoms with Crippen molar-refractivity contribution < 1.29 is 9.59 Å². The van der Waals surface area contributed by atoms with Crippen molar-refractivity contribution >= 4 is 11.6 Å². The third-order valence-electron chi connectivity index (χ3n) is 5.71. The molecule has 4 nitrogen and oxygen atoms in total. The van der Waals surface area contributed by atoms with Crippen molar-refractivity contribution in [3.05, 3.63) is 130 Å². The standard InChI is InChI=1S/C26H20N2O2/c27-28-21(15-17-9-3-1-4-10-17)23-24(22(28)16-18-11-5-2-6-12-18)26(30)20-14-8-7-13-19(20)25(23)29/h1-14H,15-16,27H2. The van der Waals surface area contributed by atoms with Gasteiger partial charge in [0.05, 0.1) is 22.5 Å². The van der Waals surface area contributed by atoms with E-state index in [0.717, 1.165) is 11.1 Å². The minimum atomic E-state index is -0.135. The predicted octanol–water partition coefficient (Wildman–Crippen LogP) is 4.16. The Labute approximate surface area is 174 Å². The summed E-state index contributed by atoms with van der Waals surface area (Å²) >= 11 is 0. The van der Waals surface area contributed by atoms with Gasteiger partial charge in [-0.05, 0) is 11.1 Å². The summed E-state index contributed by atoms with van der Waals surface area (Å²) in [6.07, 6.45) is 0.964. The fourth-order valence-electron chi connectivity index (χ4n) is 4.26. The molecule has 0 saturated carbocycles. The average molecular weight is 392 g/mol. The van der Waals surface area contributed by atoms with Crippen molar-refractivity contribution in [1.82, 2.24) is 4.68 Å². The summed E-state index contributed by atoms with van der Waals surface area (Å²) < 4.78 is 1.56. The summed E-state index contributed by atoms with van der Waals surface area (Å²) in [7, 11) is 0. The molecule has 0 fully saturated rings. The van der Waals surface area contributed by atoms with E-state index in [1.54, 1.807) is 28.9 Å². The molecule has 0 bridgehead atoms. The highest BCUT2D eigenvalue weighted by atomic mass is 16.1.